The van der Waals surface area contributed by atoms with Crippen LogP contribution < -0.4 is 5.32 Å². The molecule has 0 amide bonds. The Bertz CT molecular complexity index is 867. The molecule has 0 radical (unpaired) electrons. The lowest BCUT2D eigenvalue weighted by Crippen LogP contribution is -2.46. The summed E-state index contributed by atoms with van der Waals surface area (Å²) in [6, 6.07) is 17.0. The van der Waals surface area contributed by atoms with Crippen molar-refractivity contribution in [3.63, 3.8) is 0 Å². The second kappa shape index (κ2) is 8.96. The van der Waals surface area contributed by atoms with Crippen LogP contribution in [0.2, 0.25) is 0 Å². The number of nitrogens with one attached hydrogen (secondary N) is 1. The minimum atomic E-state index is -2.41. The van der Waals surface area contributed by atoms with Gasteiger partial charge in [0.25, 0.3) is 6.43 Å². The van der Waals surface area contributed by atoms with Crippen molar-refractivity contribution in [3.8, 4) is 0 Å². The smallest absolute Gasteiger partial charge is 0.258 e. The van der Waals surface area contributed by atoms with Crippen molar-refractivity contribution in [3.05, 3.63) is 60.2 Å². The highest BCUT2D eigenvalue weighted by molar-refractivity contribution is 6.09. The summed E-state index contributed by atoms with van der Waals surface area (Å²) >= 11 is 0. The van der Waals surface area contributed by atoms with Crippen LogP contribution in [0.1, 0.15) is 11.6 Å². The van der Waals surface area contributed by atoms with E-state index in [1.807, 2.05) is 53.4 Å². The quantitative estimate of drug-likeness (QED) is 0.621. The number of rotatable bonds is 3. The predicted octanol–water partition coefficient (Wildman–Crippen LogP) is 5.05. The minimum absolute atomic E-state index is 0. The maximum atomic E-state index is 14.0. The molecule has 3 aromatic rings. The van der Waals surface area contributed by atoms with Crippen LogP contribution in [-0.4, -0.2) is 37.5 Å². The molecule has 4 rings (SSSR count). The number of halogens is 4. The van der Waals surface area contributed by atoms with Crippen molar-refractivity contribution in [1.29, 1.82) is 0 Å². The van der Waals surface area contributed by atoms with Crippen molar-refractivity contribution in [2.75, 3.05) is 26.2 Å². The minimum Gasteiger partial charge on any atom is -0.314 e. The summed E-state index contributed by atoms with van der Waals surface area (Å²) < 4.78 is 28.1. The summed E-state index contributed by atoms with van der Waals surface area (Å²) in [6.07, 6.45) is -2.41. The molecule has 6 heteroatoms. The molecule has 0 unspecified atom stereocenters. The zero-order valence-corrected chi connectivity index (χ0v) is 15.8. The van der Waals surface area contributed by atoms with Crippen LogP contribution in [0.25, 0.3) is 21.5 Å². The van der Waals surface area contributed by atoms with Crippen LogP contribution in [0.5, 0.6) is 0 Å². The van der Waals surface area contributed by atoms with Crippen LogP contribution in [0.15, 0.2) is 54.6 Å². The lowest BCUT2D eigenvalue weighted by atomic mass is 9.92. The molecule has 1 saturated heterocycles. The maximum Gasteiger partial charge on any atom is 0.258 e. The predicted molar refractivity (Wildman–Crippen MR) is 109 cm³/mol. The number of hydrogen-bond donors (Lipinski definition) is 1. The molecule has 1 aliphatic heterocycles. The van der Waals surface area contributed by atoms with Gasteiger partial charge in [0.15, 0.2) is 0 Å². The fourth-order valence-corrected chi connectivity index (χ4v) is 3.78. The molecule has 2 nitrogen and oxygen atoms in total. The highest BCUT2D eigenvalue weighted by Crippen LogP contribution is 2.37. The molecule has 1 atom stereocenters. The van der Waals surface area contributed by atoms with Crippen molar-refractivity contribution in [2.24, 2.45) is 0 Å². The first-order valence-corrected chi connectivity index (χ1v) is 8.39. The summed E-state index contributed by atoms with van der Waals surface area (Å²) in [5, 5.41) is 7.35. The largest absolute Gasteiger partial charge is 0.314 e. The van der Waals surface area contributed by atoms with Gasteiger partial charge in [0.05, 0.1) is 6.04 Å². The lowest BCUT2D eigenvalue weighted by Gasteiger charge is -2.35. The van der Waals surface area contributed by atoms with Gasteiger partial charge in [-0.15, -0.1) is 24.8 Å². The van der Waals surface area contributed by atoms with E-state index in [-0.39, 0.29) is 24.8 Å². The summed E-state index contributed by atoms with van der Waals surface area (Å²) in [4.78, 5) is 1.91. The van der Waals surface area contributed by atoms with Gasteiger partial charge in [0.1, 0.15) is 0 Å². The molecular formula is C20H22Cl2F2N2. The number of nitrogens with zero attached hydrogens (tertiary/aromatic N) is 1. The van der Waals surface area contributed by atoms with E-state index in [1.54, 1.807) is 0 Å². The molecule has 0 aromatic heterocycles. The number of alkyl halides is 2. The van der Waals surface area contributed by atoms with E-state index in [9.17, 15) is 8.78 Å². The van der Waals surface area contributed by atoms with Crippen LogP contribution in [0.4, 0.5) is 8.78 Å². The van der Waals surface area contributed by atoms with Gasteiger partial charge < -0.3 is 5.32 Å². The van der Waals surface area contributed by atoms with E-state index < -0.39 is 12.5 Å². The second-order valence-corrected chi connectivity index (χ2v) is 6.30. The SMILES string of the molecule is Cl.Cl.FC(F)[C@@H](c1cc2ccccc2c2ccccc12)N1CCNCC1. The summed E-state index contributed by atoms with van der Waals surface area (Å²) in [5.74, 6) is 0. The Morgan fingerprint density at radius 3 is 2.04 bits per heavy atom. The van der Waals surface area contributed by atoms with E-state index in [2.05, 4.69) is 11.4 Å². The number of benzene rings is 3. The standard InChI is InChI=1S/C20H20F2N2.2ClH/c21-20(22)19(24-11-9-23-10-12-24)18-13-14-5-1-2-6-15(14)16-7-3-4-8-17(16)18;;/h1-8,13,19-20,23H,9-12H2;2*1H/t19-;;/m1../s1. The molecule has 140 valence electrons. The number of piperazine rings is 1. The van der Waals surface area contributed by atoms with Crippen molar-refractivity contribution in [1.82, 2.24) is 10.2 Å². The molecule has 1 N–H and O–H groups in total. The van der Waals surface area contributed by atoms with Gasteiger partial charge in [0.2, 0.25) is 0 Å². The molecule has 1 fully saturated rings. The van der Waals surface area contributed by atoms with E-state index in [0.717, 1.165) is 40.2 Å². The Kier molecular flexibility index (Phi) is 7.18. The third kappa shape index (κ3) is 3.79. The molecule has 0 aliphatic carbocycles. The summed E-state index contributed by atoms with van der Waals surface area (Å²) in [7, 11) is 0. The Hall–Kier alpha value is -1.46. The first-order chi connectivity index (χ1) is 11.8. The second-order valence-electron chi connectivity index (χ2n) is 6.30. The third-order valence-electron chi connectivity index (χ3n) is 4.90. The number of hydrogen-bond acceptors (Lipinski definition) is 2. The average molecular weight is 399 g/mol. The molecule has 0 spiro atoms. The van der Waals surface area contributed by atoms with Crippen LogP contribution in [-0.2, 0) is 0 Å². The Morgan fingerprint density at radius 1 is 0.808 bits per heavy atom. The molecule has 0 bridgehead atoms. The van der Waals surface area contributed by atoms with Crippen molar-refractivity contribution < 1.29 is 8.78 Å². The van der Waals surface area contributed by atoms with E-state index in [4.69, 9.17) is 0 Å². The van der Waals surface area contributed by atoms with E-state index in [0.29, 0.717) is 13.1 Å². The normalized spacial score (nSPS) is 16.3. The van der Waals surface area contributed by atoms with Crippen LogP contribution >= 0.6 is 24.8 Å². The lowest BCUT2D eigenvalue weighted by molar-refractivity contribution is 0.0189. The Morgan fingerprint density at radius 2 is 1.38 bits per heavy atom. The van der Waals surface area contributed by atoms with Gasteiger partial charge in [-0.25, -0.2) is 8.78 Å². The summed E-state index contributed by atoms with van der Waals surface area (Å²) in [6.45, 7) is 2.82. The summed E-state index contributed by atoms with van der Waals surface area (Å²) in [5.41, 5.74) is 0.737. The van der Waals surface area contributed by atoms with E-state index in [1.165, 1.54) is 0 Å². The Balaban J connectivity index is 0.00000121. The van der Waals surface area contributed by atoms with Gasteiger partial charge in [-0.2, -0.15) is 0 Å². The monoisotopic (exact) mass is 398 g/mol. The van der Waals surface area contributed by atoms with E-state index >= 15 is 0 Å². The topological polar surface area (TPSA) is 15.3 Å². The third-order valence-corrected chi connectivity index (χ3v) is 4.90. The van der Waals surface area contributed by atoms with Gasteiger partial charge >= 0.3 is 0 Å². The van der Waals surface area contributed by atoms with Gasteiger partial charge in [-0.1, -0.05) is 48.5 Å². The van der Waals surface area contributed by atoms with Crippen LogP contribution in [0.3, 0.4) is 0 Å². The molecular weight excluding hydrogens is 377 g/mol. The zero-order valence-electron chi connectivity index (χ0n) is 14.2. The average Bonchev–Trinajstić information content (AvgIpc) is 2.63. The number of fused-ring (bicyclic) bond motifs is 3. The first kappa shape index (κ1) is 20.8. The molecule has 1 heterocycles. The highest BCUT2D eigenvalue weighted by atomic mass is 35.5. The molecule has 26 heavy (non-hydrogen) atoms. The molecule has 1 aliphatic rings. The molecule has 0 saturated carbocycles. The van der Waals surface area contributed by atoms with Gasteiger partial charge in [-0.3, -0.25) is 4.90 Å². The van der Waals surface area contributed by atoms with Gasteiger partial charge in [-0.05, 0) is 33.2 Å². The van der Waals surface area contributed by atoms with Gasteiger partial charge in [0, 0.05) is 26.2 Å². The molecule has 3 aromatic carbocycles. The Labute approximate surface area is 164 Å². The highest BCUT2D eigenvalue weighted by Gasteiger charge is 2.31. The zero-order chi connectivity index (χ0) is 16.5. The van der Waals surface area contributed by atoms with Crippen molar-refractivity contribution in [2.45, 2.75) is 12.5 Å². The fraction of sp³-hybridized carbons (Fsp3) is 0.300. The fourth-order valence-electron chi connectivity index (χ4n) is 3.78. The maximum absolute atomic E-state index is 14.0. The van der Waals surface area contributed by atoms with Crippen LogP contribution in [0, 0.1) is 0 Å². The first-order valence-electron chi connectivity index (χ1n) is 8.39. The van der Waals surface area contributed by atoms with Crippen molar-refractivity contribution >= 4 is 46.4 Å².